The smallest absolute Gasteiger partial charge is 0.0433 e. The summed E-state index contributed by atoms with van der Waals surface area (Å²) < 4.78 is 2.73. The van der Waals surface area contributed by atoms with Crippen molar-refractivity contribution in [3.8, 4) is 44.5 Å². The van der Waals surface area contributed by atoms with Gasteiger partial charge in [-0.25, -0.2) is 0 Å². The van der Waals surface area contributed by atoms with Crippen molar-refractivity contribution >= 4 is 74.6 Å². The van der Waals surface area contributed by atoms with Gasteiger partial charge in [0.25, 0.3) is 0 Å². The molecule has 1 aliphatic carbocycles. The van der Waals surface area contributed by atoms with E-state index in [0.717, 1.165) is 0 Å². The third-order valence-electron chi connectivity index (χ3n) is 12.6. The lowest BCUT2D eigenvalue weighted by molar-refractivity contribution is 0.667. The fourth-order valence-corrected chi connectivity index (χ4v) is 11.4. The average molecular weight is 729 g/mol. The molecule has 0 saturated carbocycles. The minimum Gasteiger partial charge on any atom is -0.134 e. The molecule has 0 saturated heterocycles. The van der Waals surface area contributed by atoms with E-state index in [1.807, 2.05) is 11.3 Å². The Kier molecular flexibility index (Phi) is 6.66. The lowest BCUT2D eigenvalue weighted by Gasteiger charge is -2.24. The zero-order valence-electron chi connectivity index (χ0n) is 31.2. The highest BCUT2D eigenvalue weighted by molar-refractivity contribution is 7.26. The number of hydrogen-bond acceptors (Lipinski definition) is 1. The summed E-state index contributed by atoms with van der Waals surface area (Å²) in [7, 11) is 0. The van der Waals surface area contributed by atoms with Crippen LogP contribution in [-0.4, -0.2) is 0 Å². The molecule has 56 heavy (non-hydrogen) atoms. The fourth-order valence-electron chi connectivity index (χ4n) is 10.1. The molecule has 1 aliphatic rings. The van der Waals surface area contributed by atoms with Crippen LogP contribution in [0.3, 0.4) is 0 Å². The molecular weight excluding hydrogens is 693 g/mol. The molecule has 0 nitrogen and oxygen atoms in total. The molecule has 10 aromatic carbocycles. The zero-order chi connectivity index (χ0) is 37.1. The molecule has 0 fully saturated rings. The molecule has 1 heterocycles. The Balaban J connectivity index is 1.19. The van der Waals surface area contributed by atoms with Crippen molar-refractivity contribution in [1.82, 2.24) is 0 Å². The topological polar surface area (TPSA) is 0 Å². The van der Waals surface area contributed by atoms with Crippen LogP contribution in [0.15, 0.2) is 182 Å². The van der Waals surface area contributed by atoms with Gasteiger partial charge in [-0.15, -0.1) is 11.3 Å². The molecule has 0 unspecified atom stereocenters. The molecule has 1 heteroatoms. The standard InChI is InChI=1S/C55H36S/c1-55(2)47-25-12-11-24-44(47)51-46(32-48-52(53(51)55)45-29-28-34-15-5-6-19-39(34)54(45)56-48)50-42-22-9-7-20-40(42)49(41-21-8-10-23-43(41)50)38-18-13-17-36(31-38)37-27-26-33-14-3-4-16-35(33)30-37/h3-32H,1-2H3. The molecule has 262 valence electrons. The normalized spacial score (nSPS) is 13.3. The van der Waals surface area contributed by atoms with Gasteiger partial charge in [-0.2, -0.15) is 0 Å². The first-order valence-corrected chi connectivity index (χ1v) is 20.4. The number of benzene rings is 10. The number of thiophene rings is 1. The van der Waals surface area contributed by atoms with Crippen LogP contribution in [0.5, 0.6) is 0 Å². The van der Waals surface area contributed by atoms with Gasteiger partial charge < -0.3 is 0 Å². The first-order chi connectivity index (χ1) is 27.5. The van der Waals surface area contributed by atoms with Crippen molar-refractivity contribution in [3.63, 3.8) is 0 Å². The predicted octanol–water partition coefficient (Wildman–Crippen LogP) is 16.0. The molecule has 0 N–H and O–H groups in total. The summed E-state index contributed by atoms with van der Waals surface area (Å²) in [6.45, 7) is 4.88. The van der Waals surface area contributed by atoms with E-state index in [1.54, 1.807) is 0 Å². The Morgan fingerprint density at radius 3 is 1.73 bits per heavy atom. The summed E-state index contributed by atoms with van der Waals surface area (Å²) >= 11 is 1.96. The largest absolute Gasteiger partial charge is 0.134 e. The van der Waals surface area contributed by atoms with Crippen molar-refractivity contribution in [2.45, 2.75) is 19.3 Å². The molecule has 0 atom stereocenters. The Bertz CT molecular complexity index is 3390. The van der Waals surface area contributed by atoms with Crippen LogP contribution in [-0.2, 0) is 5.41 Å². The summed E-state index contributed by atoms with van der Waals surface area (Å²) in [5, 5.41) is 13.0. The quantitative estimate of drug-likeness (QED) is 0.159. The van der Waals surface area contributed by atoms with Crippen LogP contribution >= 0.6 is 11.3 Å². The first-order valence-electron chi connectivity index (χ1n) is 19.6. The number of rotatable bonds is 3. The van der Waals surface area contributed by atoms with E-state index < -0.39 is 0 Å². The van der Waals surface area contributed by atoms with Gasteiger partial charge in [0.1, 0.15) is 0 Å². The van der Waals surface area contributed by atoms with Crippen molar-refractivity contribution in [3.05, 3.63) is 193 Å². The molecule has 0 amide bonds. The van der Waals surface area contributed by atoms with Gasteiger partial charge in [0.2, 0.25) is 0 Å². The monoisotopic (exact) mass is 728 g/mol. The van der Waals surface area contributed by atoms with E-state index in [1.165, 1.54) is 119 Å². The molecule has 0 bridgehead atoms. The van der Waals surface area contributed by atoms with E-state index >= 15 is 0 Å². The third-order valence-corrected chi connectivity index (χ3v) is 13.8. The number of fused-ring (bicyclic) bond motifs is 12. The molecule has 0 aliphatic heterocycles. The van der Waals surface area contributed by atoms with Gasteiger partial charge in [-0.1, -0.05) is 178 Å². The van der Waals surface area contributed by atoms with Gasteiger partial charge in [0.05, 0.1) is 0 Å². The highest BCUT2D eigenvalue weighted by atomic mass is 32.1. The first kappa shape index (κ1) is 31.8. The lowest BCUT2D eigenvalue weighted by atomic mass is 9.78. The van der Waals surface area contributed by atoms with Gasteiger partial charge in [-0.05, 0) is 117 Å². The van der Waals surface area contributed by atoms with Crippen LogP contribution in [0.2, 0.25) is 0 Å². The molecule has 12 rings (SSSR count). The Labute approximate surface area is 329 Å². The van der Waals surface area contributed by atoms with E-state index in [2.05, 4.69) is 196 Å². The van der Waals surface area contributed by atoms with Crippen LogP contribution < -0.4 is 0 Å². The van der Waals surface area contributed by atoms with Gasteiger partial charge >= 0.3 is 0 Å². The highest BCUT2D eigenvalue weighted by Gasteiger charge is 2.40. The van der Waals surface area contributed by atoms with Crippen LogP contribution in [0.4, 0.5) is 0 Å². The zero-order valence-corrected chi connectivity index (χ0v) is 32.0. The molecule has 0 radical (unpaired) electrons. The molecule has 0 spiro atoms. The van der Waals surface area contributed by atoms with E-state index in [4.69, 9.17) is 0 Å². The SMILES string of the molecule is CC1(C)c2ccccc2-c2c(-c3c4ccccc4c(-c4cccc(-c5ccc6ccccc6c5)c4)c4ccccc34)cc3sc4c5ccccc5ccc4c3c21. The summed E-state index contributed by atoms with van der Waals surface area (Å²) in [6, 6.07) is 68.1. The maximum Gasteiger partial charge on any atom is 0.0433 e. The second-order valence-corrected chi connectivity index (χ2v) is 17.0. The van der Waals surface area contributed by atoms with Crippen molar-refractivity contribution in [2.75, 3.05) is 0 Å². The summed E-state index contributed by atoms with van der Waals surface area (Å²) in [4.78, 5) is 0. The Morgan fingerprint density at radius 2 is 0.964 bits per heavy atom. The molecule has 11 aromatic rings. The summed E-state index contributed by atoms with van der Waals surface area (Å²) in [5.41, 5.74) is 13.0. The molecule has 1 aromatic heterocycles. The number of hydrogen-bond donors (Lipinski definition) is 0. The maximum atomic E-state index is 2.54. The highest BCUT2D eigenvalue weighted by Crippen LogP contribution is 2.59. The van der Waals surface area contributed by atoms with Crippen molar-refractivity contribution < 1.29 is 0 Å². The fraction of sp³-hybridized carbons (Fsp3) is 0.0545. The van der Waals surface area contributed by atoms with Crippen LogP contribution in [0, 0.1) is 0 Å². The minimum atomic E-state index is -0.172. The maximum absolute atomic E-state index is 2.54. The molecular formula is C55H36S. The lowest BCUT2D eigenvalue weighted by Crippen LogP contribution is -2.15. The van der Waals surface area contributed by atoms with Crippen LogP contribution in [0.1, 0.15) is 25.0 Å². The van der Waals surface area contributed by atoms with E-state index in [0.29, 0.717) is 0 Å². The summed E-state index contributed by atoms with van der Waals surface area (Å²) in [5.74, 6) is 0. The Morgan fingerprint density at radius 1 is 0.375 bits per heavy atom. The summed E-state index contributed by atoms with van der Waals surface area (Å²) in [6.07, 6.45) is 0. The van der Waals surface area contributed by atoms with Gasteiger partial charge in [0, 0.05) is 25.6 Å². The average Bonchev–Trinajstić information content (AvgIpc) is 3.74. The van der Waals surface area contributed by atoms with Crippen LogP contribution in [0.25, 0.3) is 108 Å². The van der Waals surface area contributed by atoms with E-state index in [-0.39, 0.29) is 5.41 Å². The van der Waals surface area contributed by atoms with Crippen molar-refractivity contribution in [1.29, 1.82) is 0 Å². The minimum absolute atomic E-state index is 0.172. The van der Waals surface area contributed by atoms with E-state index in [9.17, 15) is 0 Å². The van der Waals surface area contributed by atoms with Gasteiger partial charge in [-0.3, -0.25) is 0 Å². The third kappa shape index (κ3) is 4.41. The second kappa shape index (κ2) is 11.7. The van der Waals surface area contributed by atoms with Gasteiger partial charge in [0.15, 0.2) is 0 Å². The second-order valence-electron chi connectivity index (χ2n) is 16.0. The Hall–Kier alpha value is -6.54. The predicted molar refractivity (Wildman–Crippen MR) is 243 cm³/mol. The van der Waals surface area contributed by atoms with Crippen molar-refractivity contribution in [2.24, 2.45) is 0 Å².